The Morgan fingerprint density at radius 2 is 1.74 bits per heavy atom. The predicted octanol–water partition coefficient (Wildman–Crippen LogP) is 5.10. The van der Waals surface area contributed by atoms with Gasteiger partial charge in [0.1, 0.15) is 5.75 Å². The third-order valence-electron chi connectivity index (χ3n) is 3.51. The monoisotopic (exact) mass is 254 g/mol. The van der Waals surface area contributed by atoms with Gasteiger partial charge in [0.2, 0.25) is 0 Å². The van der Waals surface area contributed by atoms with E-state index in [0.29, 0.717) is 5.75 Å². The quantitative estimate of drug-likeness (QED) is 0.736. The van der Waals surface area contributed by atoms with Gasteiger partial charge in [-0.1, -0.05) is 56.2 Å². The molecule has 1 heteroatoms. The van der Waals surface area contributed by atoms with Gasteiger partial charge >= 0.3 is 0 Å². The molecule has 1 nitrogen and oxygen atoms in total. The van der Waals surface area contributed by atoms with Crippen molar-refractivity contribution in [2.24, 2.45) is 0 Å². The molecule has 1 N–H and O–H groups in total. The topological polar surface area (TPSA) is 20.2 Å². The first-order chi connectivity index (χ1) is 9.22. The molecule has 0 unspecified atom stereocenters. The lowest BCUT2D eigenvalue weighted by atomic mass is 9.96. The summed E-state index contributed by atoms with van der Waals surface area (Å²) in [6.07, 6.45) is 4.81. The Morgan fingerprint density at radius 1 is 1.00 bits per heavy atom. The minimum atomic E-state index is 0.408. The van der Waals surface area contributed by atoms with E-state index in [1.807, 2.05) is 37.3 Å². The van der Waals surface area contributed by atoms with Gasteiger partial charge in [-0.05, 0) is 42.5 Å². The number of phenols is 1. The SMILES string of the molecule is CCCCCc1cc(C)c(O)c(-c2ccccc2)c1. The number of aromatic hydroxyl groups is 1. The first-order valence-electron chi connectivity index (χ1n) is 7.10. The first-order valence-corrected chi connectivity index (χ1v) is 7.10. The summed E-state index contributed by atoms with van der Waals surface area (Å²) in [5, 5.41) is 10.2. The standard InChI is InChI=1S/C18H22O/c1-3-4-6-9-15-12-14(2)18(19)17(13-15)16-10-7-5-8-11-16/h5,7-8,10-13,19H,3-4,6,9H2,1-2H3. The minimum Gasteiger partial charge on any atom is -0.507 e. The molecular formula is C18H22O. The van der Waals surface area contributed by atoms with Crippen molar-refractivity contribution in [3.8, 4) is 16.9 Å². The molecule has 0 atom stereocenters. The molecule has 2 aromatic carbocycles. The zero-order valence-electron chi connectivity index (χ0n) is 11.8. The maximum atomic E-state index is 10.2. The summed E-state index contributed by atoms with van der Waals surface area (Å²) in [7, 11) is 0. The molecule has 0 fully saturated rings. The molecule has 2 aromatic rings. The van der Waals surface area contributed by atoms with Crippen molar-refractivity contribution < 1.29 is 5.11 Å². The van der Waals surface area contributed by atoms with Crippen LogP contribution in [-0.4, -0.2) is 5.11 Å². The fourth-order valence-electron chi connectivity index (χ4n) is 2.42. The van der Waals surface area contributed by atoms with Crippen LogP contribution in [-0.2, 0) is 6.42 Å². The van der Waals surface area contributed by atoms with Crippen molar-refractivity contribution in [2.45, 2.75) is 39.5 Å². The van der Waals surface area contributed by atoms with E-state index >= 15 is 0 Å². The van der Waals surface area contributed by atoms with E-state index in [0.717, 1.165) is 23.1 Å². The summed E-state index contributed by atoms with van der Waals surface area (Å²) in [4.78, 5) is 0. The smallest absolute Gasteiger partial charge is 0.126 e. The van der Waals surface area contributed by atoms with Crippen LogP contribution in [0.25, 0.3) is 11.1 Å². The van der Waals surface area contributed by atoms with Crippen LogP contribution in [0, 0.1) is 6.92 Å². The van der Waals surface area contributed by atoms with Gasteiger partial charge in [-0.2, -0.15) is 0 Å². The van der Waals surface area contributed by atoms with Crippen LogP contribution in [0.4, 0.5) is 0 Å². The van der Waals surface area contributed by atoms with E-state index in [-0.39, 0.29) is 0 Å². The van der Waals surface area contributed by atoms with Crippen LogP contribution < -0.4 is 0 Å². The van der Waals surface area contributed by atoms with Gasteiger partial charge < -0.3 is 5.11 Å². The Labute approximate surface area is 115 Å². The molecule has 0 heterocycles. The highest BCUT2D eigenvalue weighted by Gasteiger charge is 2.08. The van der Waals surface area contributed by atoms with Crippen molar-refractivity contribution in [1.29, 1.82) is 0 Å². The Morgan fingerprint density at radius 3 is 2.42 bits per heavy atom. The van der Waals surface area contributed by atoms with Gasteiger partial charge in [0.25, 0.3) is 0 Å². The van der Waals surface area contributed by atoms with Gasteiger partial charge in [0, 0.05) is 5.56 Å². The molecule has 100 valence electrons. The van der Waals surface area contributed by atoms with E-state index in [1.54, 1.807) is 0 Å². The number of rotatable bonds is 5. The second-order valence-corrected chi connectivity index (χ2v) is 5.13. The van der Waals surface area contributed by atoms with Crippen LogP contribution in [0.1, 0.15) is 37.3 Å². The summed E-state index contributed by atoms with van der Waals surface area (Å²) in [6, 6.07) is 14.3. The molecule has 0 spiro atoms. The molecule has 0 aliphatic carbocycles. The van der Waals surface area contributed by atoms with Crippen molar-refractivity contribution >= 4 is 0 Å². The van der Waals surface area contributed by atoms with E-state index < -0.39 is 0 Å². The molecule has 0 radical (unpaired) electrons. The summed E-state index contributed by atoms with van der Waals surface area (Å²) >= 11 is 0. The van der Waals surface area contributed by atoms with Crippen LogP contribution >= 0.6 is 0 Å². The Balaban J connectivity index is 2.32. The number of hydrogen-bond donors (Lipinski definition) is 1. The summed E-state index contributed by atoms with van der Waals surface area (Å²) in [5.74, 6) is 0.408. The number of hydrogen-bond acceptors (Lipinski definition) is 1. The maximum Gasteiger partial charge on any atom is 0.126 e. The second kappa shape index (κ2) is 6.42. The normalized spacial score (nSPS) is 10.6. The van der Waals surface area contributed by atoms with Crippen molar-refractivity contribution in [3.05, 3.63) is 53.6 Å². The highest BCUT2D eigenvalue weighted by molar-refractivity contribution is 5.72. The minimum absolute atomic E-state index is 0.408. The fourth-order valence-corrected chi connectivity index (χ4v) is 2.42. The molecule has 0 bridgehead atoms. The zero-order chi connectivity index (χ0) is 13.7. The number of phenolic OH excluding ortho intramolecular Hbond substituents is 1. The lowest BCUT2D eigenvalue weighted by Gasteiger charge is -2.11. The molecule has 0 aromatic heterocycles. The average molecular weight is 254 g/mol. The number of aryl methyl sites for hydroxylation is 2. The van der Waals surface area contributed by atoms with Crippen molar-refractivity contribution in [3.63, 3.8) is 0 Å². The molecule has 0 aliphatic heterocycles. The van der Waals surface area contributed by atoms with Gasteiger partial charge in [-0.3, -0.25) is 0 Å². The lowest BCUT2D eigenvalue weighted by molar-refractivity contribution is 0.473. The fraction of sp³-hybridized carbons (Fsp3) is 0.333. The molecule has 0 aliphatic rings. The molecular weight excluding hydrogens is 232 g/mol. The Hall–Kier alpha value is -1.76. The number of benzene rings is 2. The van der Waals surface area contributed by atoms with E-state index in [9.17, 15) is 5.11 Å². The third-order valence-corrected chi connectivity index (χ3v) is 3.51. The average Bonchev–Trinajstić information content (AvgIpc) is 2.44. The molecule has 2 rings (SSSR count). The molecule has 0 amide bonds. The molecule has 19 heavy (non-hydrogen) atoms. The van der Waals surface area contributed by atoms with Crippen molar-refractivity contribution in [2.75, 3.05) is 0 Å². The van der Waals surface area contributed by atoms with Gasteiger partial charge in [-0.25, -0.2) is 0 Å². The molecule has 0 saturated heterocycles. The van der Waals surface area contributed by atoms with Crippen LogP contribution in [0.5, 0.6) is 5.75 Å². The lowest BCUT2D eigenvalue weighted by Crippen LogP contribution is -1.90. The largest absolute Gasteiger partial charge is 0.507 e. The zero-order valence-corrected chi connectivity index (χ0v) is 11.8. The third kappa shape index (κ3) is 3.37. The van der Waals surface area contributed by atoms with Gasteiger partial charge in [-0.15, -0.1) is 0 Å². The van der Waals surface area contributed by atoms with E-state index in [2.05, 4.69) is 19.1 Å². The highest BCUT2D eigenvalue weighted by Crippen LogP contribution is 2.33. The van der Waals surface area contributed by atoms with Crippen LogP contribution in [0.3, 0.4) is 0 Å². The van der Waals surface area contributed by atoms with Crippen LogP contribution in [0.15, 0.2) is 42.5 Å². The summed E-state index contributed by atoms with van der Waals surface area (Å²) in [6.45, 7) is 4.20. The highest BCUT2D eigenvalue weighted by atomic mass is 16.3. The summed E-state index contributed by atoms with van der Waals surface area (Å²) in [5.41, 5.74) is 4.32. The van der Waals surface area contributed by atoms with Crippen molar-refractivity contribution in [1.82, 2.24) is 0 Å². The van der Waals surface area contributed by atoms with E-state index in [1.165, 1.54) is 24.8 Å². The second-order valence-electron chi connectivity index (χ2n) is 5.13. The Bertz CT molecular complexity index is 529. The van der Waals surface area contributed by atoms with Crippen LogP contribution in [0.2, 0.25) is 0 Å². The first kappa shape index (κ1) is 13.7. The van der Waals surface area contributed by atoms with E-state index in [4.69, 9.17) is 0 Å². The maximum absolute atomic E-state index is 10.2. The number of unbranched alkanes of at least 4 members (excludes halogenated alkanes) is 2. The Kier molecular flexibility index (Phi) is 4.62. The molecule has 0 saturated carbocycles. The van der Waals surface area contributed by atoms with Gasteiger partial charge in [0.15, 0.2) is 0 Å². The summed E-state index contributed by atoms with van der Waals surface area (Å²) < 4.78 is 0. The van der Waals surface area contributed by atoms with Gasteiger partial charge in [0.05, 0.1) is 0 Å². The predicted molar refractivity (Wildman–Crippen MR) is 81.5 cm³/mol.